The third-order valence-corrected chi connectivity index (χ3v) is 5.33. The maximum absolute atomic E-state index is 13.8. The van der Waals surface area contributed by atoms with Crippen LogP contribution in [0.4, 0.5) is 10.2 Å². The number of nitriles is 1. The quantitative estimate of drug-likeness (QED) is 0.567. The summed E-state index contributed by atoms with van der Waals surface area (Å²) in [6, 6.07) is 4.55. The van der Waals surface area contributed by atoms with Gasteiger partial charge in [0.05, 0.1) is 18.9 Å². The third-order valence-electron chi connectivity index (χ3n) is 5.33. The van der Waals surface area contributed by atoms with Crippen molar-refractivity contribution in [3.8, 4) is 17.6 Å². The Kier molecular flexibility index (Phi) is 6.44. The molecular formula is C22H22FN7O3. The van der Waals surface area contributed by atoms with Gasteiger partial charge >= 0.3 is 5.97 Å². The number of nitrogens with one attached hydrogen (secondary N) is 1. The normalized spacial score (nSPS) is 15.8. The van der Waals surface area contributed by atoms with E-state index in [0.717, 1.165) is 12.8 Å². The number of hydrogen-bond acceptors (Lipinski definition) is 8. The average molecular weight is 451 g/mol. The Balaban J connectivity index is 1.67. The van der Waals surface area contributed by atoms with Gasteiger partial charge in [-0.05, 0) is 31.9 Å². The number of fused-ring (bicyclic) bond motifs is 1. The number of ether oxygens (including phenoxy) is 1. The number of anilines is 1. The van der Waals surface area contributed by atoms with Gasteiger partial charge in [-0.25, -0.2) is 24.1 Å². The van der Waals surface area contributed by atoms with Crippen molar-refractivity contribution in [2.45, 2.75) is 32.2 Å². The Morgan fingerprint density at radius 1 is 1.33 bits per heavy atom. The summed E-state index contributed by atoms with van der Waals surface area (Å²) in [5.74, 6) is -0.747. The highest BCUT2D eigenvalue weighted by Crippen LogP contribution is 2.24. The zero-order valence-corrected chi connectivity index (χ0v) is 18.0. The van der Waals surface area contributed by atoms with Crippen molar-refractivity contribution in [3.05, 3.63) is 42.1 Å². The number of amides is 1. The van der Waals surface area contributed by atoms with Gasteiger partial charge in [0, 0.05) is 31.5 Å². The molecule has 1 amide bonds. The summed E-state index contributed by atoms with van der Waals surface area (Å²) in [4.78, 5) is 39.4. The Hall–Kier alpha value is -4.07. The highest BCUT2D eigenvalue weighted by Gasteiger charge is 2.26. The summed E-state index contributed by atoms with van der Waals surface area (Å²) in [5.41, 5.74) is 1.14. The van der Waals surface area contributed by atoms with Crippen molar-refractivity contribution in [1.29, 1.82) is 5.26 Å². The highest BCUT2D eigenvalue weighted by atomic mass is 19.1. The fourth-order valence-corrected chi connectivity index (χ4v) is 3.79. The summed E-state index contributed by atoms with van der Waals surface area (Å²) in [7, 11) is 0. The molecule has 0 bridgehead atoms. The zero-order chi connectivity index (χ0) is 23.4. The average Bonchev–Trinajstić information content (AvgIpc) is 3.22. The van der Waals surface area contributed by atoms with Gasteiger partial charge in [-0.1, -0.05) is 0 Å². The lowest BCUT2D eigenvalue weighted by Gasteiger charge is -2.33. The molecule has 1 fully saturated rings. The monoisotopic (exact) mass is 451 g/mol. The highest BCUT2D eigenvalue weighted by molar-refractivity contribution is 5.94. The second kappa shape index (κ2) is 9.60. The number of halogens is 1. The van der Waals surface area contributed by atoms with Crippen LogP contribution >= 0.6 is 0 Å². The van der Waals surface area contributed by atoms with Crippen LogP contribution in [0.1, 0.15) is 36.5 Å². The number of imidazole rings is 1. The molecule has 33 heavy (non-hydrogen) atoms. The number of likely N-dealkylation sites (tertiary alicyclic amines) is 1. The molecule has 0 saturated carbocycles. The van der Waals surface area contributed by atoms with Crippen LogP contribution in [0.25, 0.3) is 17.2 Å². The van der Waals surface area contributed by atoms with E-state index in [1.807, 2.05) is 6.07 Å². The van der Waals surface area contributed by atoms with Crippen molar-refractivity contribution in [2.75, 3.05) is 25.0 Å². The van der Waals surface area contributed by atoms with Crippen LogP contribution in [0.2, 0.25) is 0 Å². The SMILES string of the molecule is CCOC(=O)c1cnc(-c2cnc3ccc(F)cn23)nc1N[C@@H]1CCCN(C(=O)CC#N)C1. The van der Waals surface area contributed by atoms with E-state index in [0.29, 0.717) is 24.4 Å². The lowest BCUT2D eigenvalue weighted by atomic mass is 10.0. The van der Waals surface area contributed by atoms with E-state index in [4.69, 9.17) is 10.00 Å². The number of carbonyl (C=O) groups excluding carboxylic acids is 2. The number of hydrogen-bond donors (Lipinski definition) is 1. The van der Waals surface area contributed by atoms with Crippen LogP contribution in [-0.4, -0.2) is 61.9 Å². The number of rotatable bonds is 6. The molecule has 0 unspecified atom stereocenters. The molecule has 11 heteroatoms. The Bertz CT molecular complexity index is 1240. The predicted octanol–water partition coefficient (Wildman–Crippen LogP) is 2.42. The first kappa shape index (κ1) is 22.1. The summed E-state index contributed by atoms with van der Waals surface area (Å²) >= 11 is 0. The number of aromatic nitrogens is 4. The number of carbonyl (C=O) groups is 2. The Morgan fingerprint density at radius 2 is 2.18 bits per heavy atom. The molecule has 0 aliphatic carbocycles. The summed E-state index contributed by atoms with van der Waals surface area (Å²) in [6.45, 7) is 2.84. The summed E-state index contributed by atoms with van der Waals surface area (Å²) < 4.78 is 20.5. The molecule has 1 aliphatic heterocycles. The standard InChI is InChI=1S/C22H22FN7O3/c1-2-33-22(32)16-10-26-21(17-11-25-18-6-5-14(23)12-30(17)18)28-20(16)27-15-4-3-9-29(13-15)19(31)7-8-24/h5-6,10-12,15H,2-4,7,9,13H2,1H3,(H,26,27,28)/t15-/m1/s1. The molecule has 3 aromatic rings. The zero-order valence-electron chi connectivity index (χ0n) is 18.0. The first-order valence-electron chi connectivity index (χ1n) is 10.6. The molecule has 3 aromatic heterocycles. The number of piperidine rings is 1. The molecule has 4 rings (SSSR count). The first-order chi connectivity index (χ1) is 16.0. The maximum atomic E-state index is 13.8. The van der Waals surface area contributed by atoms with Gasteiger partial charge in [0.15, 0.2) is 5.82 Å². The van der Waals surface area contributed by atoms with E-state index in [-0.39, 0.29) is 42.2 Å². The number of pyridine rings is 1. The largest absolute Gasteiger partial charge is 0.462 e. The van der Waals surface area contributed by atoms with E-state index in [1.165, 1.54) is 29.1 Å². The second-order valence-corrected chi connectivity index (χ2v) is 7.55. The molecule has 1 saturated heterocycles. The van der Waals surface area contributed by atoms with Crippen LogP contribution in [0.3, 0.4) is 0 Å². The summed E-state index contributed by atoms with van der Waals surface area (Å²) in [5, 5.41) is 12.1. The van der Waals surface area contributed by atoms with Crippen molar-refractivity contribution >= 4 is 23.3 Å². The Morgan fingerprint density at radius 3 is 2.97 bits per heavy atom. The summed E-state index contributed by atoms with van der Waals surface area (Å²) in [6.07, 6.45) is 5.49. The van der Waals surface area contributed by atoms with E-state index >= 15 is 0 Å². The van der Waals surface area contributed by atoms with Crippen LogP contribution in [0.5, 0.6) is 0 Å². The van der Waals surface area contributed by atoms with Crippen LogP contribution < -0.4 is 5.32 Å². The molecule has 0 spiro atoms. The molecular weight excluding hydrogens is 429 g/mol. The molecule has 0 radical (unpaired) electrons. The van der Waals surface area contributed by atoms with Crippen molar-refractivity contribution in [1.82, 2.24) is 24.3 Å². The van der Waals surface area contributed by atoms with Gasteiger partial charge in [-0.2, -0.15) is 5.26 Å². The lowest BCUT2D eigenvalue weighted by Crippen LogP contribution is -2.45. The van der Waals surface area contributed by atoms with Crippen molar-refractivity contribution in [3.63, 3.8) is 0 Å². The third kappa shape index (κ3) is 4.74. The van der Waals surface area contributed by atoms with Gasteiger partial charge in [0.25, 0.3) is 0 Å². The number of esters is 1. The van der Waals surface area contributed by atoms with Gasteiger partial charge < -0.3 is 15.0 Å². The minimum Gasteiger partial charge on any atom is -0.462 e. The fourth-order valence-electron chi connectivity index (χ4n) is 3.79. The van der Waals surface area contributed by atoms with Crippen LogP contribution in [0, 0.1) is 17.1 Å². The fraction of sp³-hybridized carbons (Fsp3) is 0.364. The van der Waals surface area contributed by atoms with Gasteiger partial charge in [0.1, 0.15) is 35.0 Å². The van der Waals surface area contributed by atoms with E-state index in [1.54, 1.807) is 17.9 Å². The number of nitrogens with zero attached hydrogens (tertiary/aromatic N) is 6. The molecule has 1 atom stereocenters. The van der Waals surface area contributed by atoms with Crippen LogP contribution in [0.15, 0.2) is 30.7 Å². The van der Waals surface area contributed by atoms with E-state index < -0.39 is 11.8 Å². The maximum Gasteiger partial charge on any atom is 0.343 e. The predicted molar refractivity (Wildman–Crippen MR) is 116 cm³/mol. The lowest BCUT2D eigenvalue weighted by molar-refractivity contribution is -0.131. The minimum absolute atomic E-state index is 0.154. The van der Waals surface area contributed by atoms with Crippen molar-refractivity contribution < 1.29 is 18.7 Å². The smallest absolute Gasteiger partial charge is 0.343 e. The first-order valence-corrected chi connectivity index (χ1v) is 10.6. The Labute approximate surface area is 189 Å². The minimum atomic E-state index is -0.580. The van der Waals surface area contributed by atoms with Crippen LogP contribution in [-0.2, 0) is 9.53 Å². The van der Waals surface area contributed by atoms with Gasteiger partial charge in [-0.3, -0.25) is 9.20 Å². The second-order valence-electron chi connectivity index (χ2n) is 7.55. The molecule has 1 N–H and O–H groups in total. The molecule has 0 aromatic carbocycles. The molecule has 10 nitrogen and oxygen atoms in total. The van der Waals surface area contributed by atoms with Gasteiger partial charge in [-0.15, -0.1) is 0 Å². The topological polar surface area (TPSA) is 126 Å². The molecule has 4 heterocycles. The van der Waals surface area contributed by atoms with Gasteiger partial charge in [0.2, 0.25) is 5.91 Å². The van der Waals surface area contributed by atoms with E-state index in [9.17, 15) is 14.0 Å². The van der Waals surface area contributed by atoms with E-state index in [2.05, 4.69) is 20.3 Å². The molecule has 1 aliphatic rings. The van der Waals surface area contributed by atoms with Crippen molar-refractivity contribution in [2.24, 2.45) is 0 Å². The molecule has 170 valence electrons.